The van der Waals surface area contributed by atoms with E-state index in [1.165, 1.54) is 22.1 Å². The van der Waals surface area contributed by atoms with Crippen molar-refractivity contribution in [3.8, 4) is 0 Å². The Labute approximate surface area is 452 Å². The summed E-state index contributed by atoms with van der Waals surface area (Å²) < 4.78 is 12.3. The second-order valence-electron chi connectivity index (χ2n) is 22.6. The number of benzene rings is 1. The fraction of sp³-hybridized carbons (Fsp3) is 0.724. The molecule has 3 fully saturated rings. The molecule has 3 heterocycles. The number of methoxy groups -OCH3 is 2. The molecule has 424 valence electrons. The Morgan fingerprint density at radius 2 is 1.49 bits per heavy atom. The van der Waals surface area contributed by atoms with Crippen LogP contribution in [-0.4, -0.2) is 176 Å². The summed E-state index contributed by atoms with van der Waals surface area (Å²) in [5, 5.41) is 7.14. The van der Waals surface area contributed by atoms with E-state index in [-0.39, 0.29) is 96.1 Å². The molecule has 0 bridgehead atoms. The van der Waals surface area contributed by atoms with E-state index in [0.717, 1.165) is 24.8 Å². The number of rotatable bonds is 31. The van der Waals surface area contributed by atoms with E-state index in [0.29, 0.717) is 84.4 Å². The van der Waals surface area contributed by atoms with Crippen LogP contribution in [0.15, 0.2) is 42.5 Å². The van der Waals surface area contributed by atoms with Crippen molar-refractivity contribution < 1.29 is 52.7 Å². The summed E-state index contributed by atoms with van der Waals surface area (Å²) in [5.41, 5.74) is 0.116. The lowest BCUT2D eigenvalue weighted by molar-refractivity contribution is -0.203. The van der Waals surface area contributed by atoms with Crippen molar-refractivity contribution in [3.05, 3.63) is 48.0 Å². The predicted octanol–water partition coefficient (Wildman–Crippen LogP) is 6.18. The van der Waals surface area contributed by atoms with Crippen LogP contribution in [-0.2, 0) is 47.9 Å². The Kier molecular flexibility index (Phi) is 23.7. The van der Waals surface area contributed by atoms with Gasteiger partial charge in [-0.15, -0.1) is 0 Å². The van der Waals surface area contributed by atoms with Gasteiger partial charge in [-0.2, -0.15) is 0 Å². The summed E-state index contributed by atoms with van der Waals surface area (Å²) in [7, 11) is 6.79. The third-order valence-corrected chi connectivity index (χ3v) is 16.7. The predicted molar refractivity (Wildman–Crippen MR) is 289 cm³/mol. The van der Waals surface area contributed by atoms with E-state index < -0.39 is 41.5 Å². The molecule has 1 saturated carbocycles. The molecular formula is C58H91N7O11. The van der Waals surface area contributed by atoms with Gasteiger partial charge in [0.2, 0.25) is 11.8 Å². The zero-order valence-corrected chi connectivity index (χ0v) is 47.6. The minimum Gasteiger partial charge on any atom is -0.379 e. The maximum Gasteiger partial charge on any atom is 0.314 e. The van der Waals surface area contributed by atoms with Gasteiger partial charge < -0.3 is 29.9 Å². The van der Waals surface area contributed by atoms with Crippen molar-refractivity contribution in [2.45, 2.75) is 162 Å². The van der Waals surface area contributed by atoms with E-state index in [1.807, 2.05) is 88.7 Å². The first-order valence-electron chi connectivity index (χ1n) is 28.1. The van der Waals surface area contributed by atoms with Crippen molar-refractivity contribution in [2.24, 2.45) is 35.0 Å². The van der Waals surface area contributed by atoms with Crippen molar-refractivity contribution in [3.63, 3.8) is 0 Å². The van der Waals surface area contributed by atoms with Gasteiger partial charge in [0.15, 0.2) is 5.78 Å². The number of carbonyl (C=O) groups is 8. The van der Waals surface area contributed by atoms with Crippen LogP contribution in [0.25, 0.3) is 0 Å². The molecule has 18 heteroatoms. The largest absolute Gasteiger partial charge is 0.379 e. The molecule has 7 amide bonds. The quantitative estimate of drug-likeness (QED) is 0.0633. The number of hydrogen-bond donors (Lipinski definition) is 2. The average molecular weight is 1060 g/mol. The first kappa shape index (κ1) is 61.8. The third kappa shape index (κ3) is 15.6. The second kappa shape index (κ2) is 29.1. The van der Waals surface area contributed by atoms with E-state index in [4.69, 9.17) is 14.3 Å². The van der Waals surface area contributed by atoms with Crippen molar-refractivity contribution >= 4 is 47.1 Å². The number of nitrogens with zero attached hydrogens (tertiary/aromatic N) is 5. The van der Waals surface area contributed by atoms with Crippen LogP contribution in [0.5, 0.6) is 0 Å². The highest BCUT2D eigenvalue weighted by Crippen LogP contribution is 2.63. The van der Waals surface area contributed by atoms with E-state index in [2.05, 4.69) is 17.6 Å². The van der Waals surface area contributed by atoms with Gasteiger partial charge in [0.05, 0.1) is 48.8 Å². The molecule has 76 heavy (non-hydrogen) atoms. The summed E-state index contributed by atoms with van der Waals surface area (Å²) in [5.74, 6) is -2.87. The van der Waals surface area contributed by atoms with Gasteiger partial charge in [0.1, 0.15) is 5.78 Å². The Morgan fingerprint density at radius 3 is 2.08 bits per heavy atom. The van der Waals surface area contributed by atoms with Crippen LogP contribution in [0, 0.1) is 35.0 Å². The molecular weight excluding hydrogens is 971 g/mol. The smallest absolute Gasteiger partial charge is 0.314 e. The first-order chi connectivity index (χ1) is 36.2. The molecule has 0 radical (unpaired) electrons. The van der Waals surface area contributed by atoms with E-state index in [9.17, 15) is 38.4 Å². The molecule has 0 unspecified atom stereocenters. The van der Waals surface area contributed by atoms with Gasteiger partial charge in [0.25, 0.3) is 17.7 Å². The maximum atomic E-state index is 14.8. The maximum absolute atomic E-state index is 14.8. The van der Waals surface area contributed by atoms with Gasteiger partial charge >= 0.3 is 6.03 Å². The molecule has 1 aromatic carbocycles. The normalized spacial score (nSPS) is 22.4. The number of hydroxylamine groups is 2. The fourth-order valence-electron chi connectivity index (χ4n) is 12.1. The highest BCUT2D eigenvalue weighted by Gasteiger charge is 2.63. The van der Waals surface area contributed by atoms with Crippen LogP contribution in [0.4, 0.5) is 4.79 Å². The minimum atomic E-state index is -0.909. The van der Waals surface area contributed by atoms with Crippen LogP contribution in [0.3, 0.4) is 0 Å². The molecule has 1 aromatic rings. The van der Waals surface area contributed by atoms with Crippen molar-refractivity contribution in [1.29, 1.82) is 0 Å². The number of nitrogens with one attached hydrogen (secondary N) is 2. The first-order valence-corrected chi connectivity index (χ1v) is 28.1. The highest BCUT2D eigenvalue weighted by molar-refractivity contribution is 6.12. The summed E-state index contributed by atoms with van der Waals surface area (Å²) in [6.07, 6.45) is 7.43. The Hall–Kier alpha value is -5.04. The number of ether oxygens (including phenoxy) is 2. The number of urea groups is 1. The highest BCUT2D eigenvalue weighted by atomic mass is 16.7. The van der Waals surface area contributed by atoms with Crippen molar-refractivity contribution in [1.82, 2.24) is 35.3 Å². The van der Waals surface area contributed by atoms with Crippen LogP contribution in [0.1, 0.15) is 137 Å². The number of Topliss-reactive ketones (excluding diaryl/α,β-unsaturated/α-hetero) is 2. The number of amides is 7. The molecule has 4 aliphatic rings. The zero-order valence-electron chi connectivity index (χ0n) is 47.6. The molecule has 10 atom stereocenters. The Bertz CT molecular complexity index is 2150. The number of ketones is 2. The topological polar surface area (TPSA) is 205 Å². The average Bonchev–Trinajstić information content (AvgIpc) is 3.75. The molecule has 2 saturated heterocycles. The Morgan fingerprint density at radius 1 is 0.816 bits per heavy atom. The summed E-state index contributed by atoms with van der Waals surface area (Å²) in [4.78, 5) is 121. The summed E-state index contributed by atoms with van der Waals surface area (Å²) in [6, 6.07) is 8.21. The fourth-order valence-corrected chi connectivity index (χ4v) is 12.1. The molecule has 1 aliphatic carbocycles. The lowest BCUT2D eigenvalue weighted by atomic mass is 9.83. The zero-order chi connectivity index (χ0) is 55.9. The van der Waals surface area contributed by atoms with Gasteiger partial charge in [-0.3, -0.25) is 48.2 Å². The van der Waals surface area contributed by atoms with Gasteiger partial charge in [0, 0.05) is 97.4 Å². The van der Waals surface area contributed by atoms with Crippen LogP contribution >= 0.6 is 0 Å². The molecule has 18 nitrogen and oxygen atoms in total. The summed E-state index contributed by atoms with van der Waals surface area (Å²) in [6.45, 7) is 16.9. The number of likely N-dealkylation sites (N-methyl/N-ethyl adjacent to an activating group) is 2. The number of likely N-dealkylation sites (tertiary alicyclic amines) is 1. The number of hydrogen-bond acceptors (Lipinski definition) is 12. The minimum absolute atomic E-state index is 0.00407. The molecule has 0 spiro atoms. The Balaban J connectivity index is 1.18. The summed E-state index contributed by atoms with van der Waals surface area (Å²) >= 11 is 0. The number of imide groups is 1. The number of carbonyl (C=O) groups excluding carboxylic acids is 8. The van der Waals surface area contributed by atoms with E-state index >= 15 is 0 Å². The lowest BCUT2D eigenvalue weighted by Gasteiger charge is -2.41. The standard InChI is InChI=1S/C58H91N7O11/c1-12-40(6)53(62(9)55(71)43(38(2)3)34-46(66)52(39(4)5)61(8)29-21-28-60-57(73)59-27-16-17-30-64-49(68)25-26-50(64)69)48(74-10)35-51(70)63-31-20-24-45(63)54(75-11)41(7)47(67)37-58(56(72)65-32-18-19-33-76-65)36-44(58)42-22-14-13-15-23-42/h13-15,22-23,25-26,38-41,43-45,48,52-54H,12,16-21,24,27-37H2,1-11H3,(H2,59,60,73)/t40-,41-,43-,44+,45-,48+,52-,53-,54+,58-/m0/s1. The van der Waals surface area contributed by atoms with Gasteiger partial charge in [-0.05, 0) is 87.6 Å². The molecule has 2 N–H and O–H groups in total. The van der Waals surface area contributed by atoms with E-state index in [1.54, 1.807) is 26.2 Å². The monoisotopic (exact) mass is 1060 g/mol. The van der Waals surface area contributed by atoms with Crippen LogP contribution in [0.2, 0.25) is 0 Å². The van der Waals surface area contributed by atoms with Crippen molar-refractivity contribution in [2.75, 3.05) is 74.2 Å². The third-order valence-electron chi connectivity index (χ3n) is 16.7. The molecule has 5 rings (SSSR count). The number of unbranched alkanes of at least 4 members (excludes halogenated alkanes) is 1. The van der Waals surface area contributed by atoms with Gasteiger partial charge in [-0.25, -0.2) is 9.86 Å². The SMILES string of the molecule is CC[C@H](C)[C@@H]([C@@H](CC(=O)N1CCC[C@H]1[C@H](OC)[C@@H](C)C(=O)C[C@@]1(C(=O)N2CCCCO2)C[C@@H]1c1ccccc1)OC)N(C)C(=O)[C@@H](CC(=O)[C@H](C(C)C)N(C)CCCNC(=O)NCCCCN1C(=O)C=CC1=O)C(C)C. The van der Waals surface area contributed by atoms with Crippen LogP contribution < -0.4 is 10.6 Å². The lowest BCUT2D eigenvalue weighted by Crippen LogP contribution is -2.54. The second-order valence-corrected chi connectivity index (χ2v) is 22.6. The molecule has 0 aromatic heterocycles. The van der Waals surface area contributed by atoms with Gasteiger partial charge in [-0.1, -0.05) is 85.2 Å². The molecule has 3 aliphatic heterocycles.